The van der Waals surface area contributed by atoms with Crippen molar-refractivity contribution in [3.05, 3.63) is 60.2 Å². The molecule has 2 heterocycles. The average molecular weight is 290 g/mol. The van der Waals surface area contributed by atoms with Gasteiger partial charge in [-0.3, -0.25) is 0 Å². The quantitative estimate of drug-likeness (QED) is 0.591. The van der Waals surface area contributed by atoms with E-state index in [0.29, 0.717) is 0 Å². The second-order valence-corrected chi connectivity index (χ2v) is 5.97. The molecule has 3 heteroatoms. The maximum Gasteiger partial charge on any atom is 0.0780 e. The molecule has 0 saturated heterocycles. The van der Waals surface area contributed by atoms with Crippen molar-refractivity contribution in [1.29, 1.82) is 0 Å². The topological polar surface area (TPSA) is 25.2 Å². The van der Waals surface area contributed by atoms with Crippen molar-refractivity contribution >= 4 is 33.4 Å². The third kappa shape index (κ3) is 2.14. The van der Waals surface area contributed by atoms with Crippen LogP contribution in [0.4, 0.5) is 5.69 Å². The molecular formula is C18H14N2S. The molecule has 4 rings (SSSR count). The first kappa shape index (κ1) is 12.6. The van der Waals surface area contributed by atoms with Crippen LogP contribution in [-0.2, 0) is 6.42 Å². The molecule has 0 atom stereocenters. The highest BCUT2D eigenvalue weighted by atomic mass is 32.2. The summed E-state index contributed by atoms with van der Waals surface area (Å²) in [5.41, 5.74) is 5.51. The van der Waals surface area contributed by atoms with Crippen LogP contribution in [0.15, 0.2) is 59.6 Å². The molecule has 0 bridgehead atoms. The maximum absolute atomic E-state index is 4.90. The van der Waals surface area contributed by atoms with Crippen molar-refractivity contribution in [3.63, 3.8) is 0 Å². The van der Waals surface area contributed by atoms with Crippen LogP contribution in [0.3, 0.4) is 0 Å². The summed E-state index contributed by atoms with van der Waals surface area (Å²) in [6.07, 6.45) is 2.93. The van der Waals surface area contributed by atoms with E-state index in [1.54, 1.807) is 11.8 Å². The molecule has 2 nitrogen and oxygen atoms in total. The van der Waals surface area contributed by atoms with E-state index in [2.05, 4.69) is 48.7 Å². The fourth-order valence-corrected chi connectivity index (χ4v) is 3.24. The van der Waals surface area contributed by atoms with E-state index >= 15 is 0 Å². The largest absolute Gasteiger partial charge is 0.247 e. The van der Waals surface area contributed by atoms with Crippen LogP contribution < -0.4 is 0 Å². The minimum Gasteiger partial charge on any atom is -0.247 e. The first-order chi connectivity index (χ1) is 10.3. The smallest absolute Gasteiger partial charge is 0.0780 e. The van der Waals surface area contributed by atoms with E-state index in [0.717, 1.165) is 33.9 Å². The first-order valence-electron chi connectivity index (χ1n) is 6.95. The maximum atomic E-state index is 4.90. The van der Waals surface area contributed by atoms with Crippen LogP contribution in [0.5, 0.6) is 0 Å². The monoisotopic (exact) mass is 290 g/mol. The summed E-state index contributed by atoms with van der Waals surface area (Å²) in [6.45, 7) is 0. The molecule has 0 radical (unpaired) electrons. The molecule has 1 aliphatic rings. The summed E-state index contributed by atoms with van der Waals surface area (Å²) in [5, 5.41) is 2.33. The summed E-state index contributed by atoms with van der Waals surface area (Å²) >= 11 is 1.71. The van der Waals surface area contributed by atoms with E-state index in [1.807, 2.05) is 12.1 Å². The Morgan fingerprint density at radius 3 is 2.71 bits per heavy atom. The zero-order valence-corrected chi connectivity index (χ0v) is 12.5. The van der Waals surface area contributed by atoms with E-state index in [-0.39, 0.29) is 0 Å². The highest BCUT2D eigenvalue weighted by molar-refractivity contribution is 8.13. The van der Waals surface area contributed by atoms with Gasteiger partial charge >= 0.3 is 0 Å². The van der Waals surface area contributed by atoms with Crippen molar-refractivity contribution in [2.45, 2.75) is 6.42 Å². The summed E-state index contributed by atoms with van der Waals surface area (Å²) in [5.74, 6) is 0. The molecule has 0 unspecified atom stereocenters. The molecule has 0 saturated carbocycles. The predicted octanol–water partition coefficient (Wildman–Crippen LogP) is 4.85. The zero-order valence-electron chi connectivity index (χ0n) is 11.7. The Kier molecular flexibility index (Phi) is 3.00. The second kappa shape index (κ2) is 5.01. The predicted molar refractivity (Wildman–Crippen MR) is 91.5 cm³/mol. The number of benzene rings is 2. The van der Waals surface area contributed by atoms with Gasteiger partial charge in [-0.15, -0.1) is 11.8 Å². The zero-order chi connectivity index (χ0) is 14.2. The molecular weight excluding hydrogens is 276 g/mol. The molecule has 21 heavy (non-hydrogen) atoms. The Hall–Kier alpha value is -2.13. The number of aliphatic imine (C=N–C) groups is 1. The SMILES string of the molecule is CSC1=Nc2ccccc2-c2nc3ccccc3cc2C1. The van der Waals surface area contributed by atoms with Crippen molar-refractivity contribution in [1.82, 2.24) is 4.98 Å². The van der Waals surface area contributed by atoms with Crippen LogP contribution in [0.2, 0.25) is 0 Å². The van der Waals surface area contributed by atoms with Gasteiger partial charge in [0, 0.05) is 17.4 Å². The molecule has 0 aliphatic carbocycles. The summed E-state index contributed by atoms with van der Waals surface area (Å²) in [6, 6.07) is 18.8. The lowest BCUT2D eigenvalue weighted by Crippen LogP contribution is -1.99. The van der Waals surface area contributed by atoms with Crippen molar-refractivity contribution < 1.29 is 0 Å². The average Bonchev–Trinajstić information content (AvgIpc) is 2.69. The van der Waals surface area contributed by atoms with Gasteiger partial charge in [0.1, 0.15) is 0 Å². The summed E-state index contributed by atoms with van der Waals surface area (Å²) in [4.78, 5) is 9.71. The van der Waals surface area contributed by atoms with Gasteiger partial charge in [0.25, 0.3) is 0 Å². The number of fused-ring (bicyclic) bond motifs is 4. The van der Waals surface area contributed by atoms with Crippen molar-refractivity contribution in [3.8, 4) is 11.3 Å². The van der Waals surface area contributed by atoms with Crippen LogP contribution in [0, 0.1) is 0 Å². The number of nitrogens with zero attached hydrogens (tertiary/aromatic N) is 2. The molecule has 3 aromatic rings. The molecule has 0 amide bonds. The number of aromatic nitrogens is 1. The van der Waals surface area contributed by atoms with Gasteiger partial charge in [0.2, 0.25) is 0 Å². The summed E-state index contributed by atoms with van der Waals surface area (Å²) in [7, 11) is 0. The lowest BCUT2D eigenvalue weighted by Gasteiger charge is -2.09. The molecule has 2 aromatic carbocycles. The van der Waals surface area contributed by atoms with E-state index in [9.17, 15) is 0 Å². The van der Waals surface area contributed by atoms with Crippen molar-refractivity contribution in [2.75, 3.05) is 6.26 Å². The van der Waals surface area contributed by atoms with Gasteiger partial charge in [-0.25, -0.2) is 9.98 Å². The number of hydrogen-bond acceptors (Lipinski definition) is 3. The van der Waals surface area contributed by atoms with E-state index < -0.39 is 0 Å². The molecule has 0 spiro atoms. The fourth-order valence-electron chi connectivity index (χ4n) is 2.75. The molecule has 1 aliphatic heterocycles. The van der Waals surface area contributed by atoms with Gasteiger partial charge in [0.15, 0.2) is 0 Å². The van der Waals surface area contributed by atoms with Gasteiger partial charge in [-0.1, -0.05) is 36.4 Å². The Morgan fingerprint density at radius 1 is 1.00 bits per heavy atom. The Bertz CT molecular complexity index is 868. The van der Waals surface area contributed by atoms with Gasteiger partial charge in [-0.05, 0) is 30.0 Å². The van der Waals surface area contributed by atoms with Gasteiger partial charge in [-0.2, -0.15) is 0 Å². The van der Waals surface area contributed by atoms with E-state index in [4.69, 9.17) is 9.98 Å². The first-order valence-corrected chi connectivity index (χ1v) is 8.17. The van der Waals surface area contributed by atoms with Crippen LogP contribution in [-0.4, -0.2) is 16.3 Å². The standard InChI is InChI=1S/C18H14N2S/c1-21-17-11-13-10-12-6-2-4-8-15(12)20-18(13)14-7-3-5-9-16(14)19-17/h2-10H,11H2,1H3. The van der Waals surface area contributed by atoms with E-state index in [1.165, 1.54) is 10.9 Å². The van der Waals surface area contributed by atoms with Crippen LogP contribution in [0.25, 0.3) is 22.2 Å². The Balaban J connectivity index is 2.06. The third-order valence-corrected chi connectivity index (χ3v) is 4.49. The summed E-state index contributed by atoms with van der Waals surface area (Å²) < 4.78 is 0. The Labute approximate surface area is 127 Å². The number of para-hydroxylation sites is 2. The number of hydrogen-bond donors (Lipinski definition) is 0. The minimum absolute atomic E-state index is 0.850. The highest BCUT2D eigenvalue weighted by Crippen LogP contribution is 2.36. The third-order valence-electron chi connectivity index (χ3n) is 3.78. The number of pyridine rings is 1. The molecule has 102 valence electrons. The minimum atomic E-state index is 0.850. The van der Waals surface area contributed by atoms with Gasteiger partial charge < -0.3 is 0 Å². The number of thioether (sulfide) groups is 1. The lowest BCUT2D eigenvalue weighted by atomic mass is 10.0. The highest BCUT2D eigenvalue weighted by Gasteiger charge is 2.17. The van der Waals surface area contributed by atoms with Gasteiger partial charge in [0.05, 0.1) is 21.9 Å². The molecule has 1 aromatic heterocycles. The van der Waals surface area contributed by atoms with Crippen LogP contribution in [0.1, 0.15) is 5.56 Å². The molecule has 0 fully saturated rings. The van der Waals surface area contributed by atoms with Crippen molar-refractivity contribution in [2.24, 2.45) is 4.99 Å². The molecule has 0 N–H and O–H groups in total. The number of rotatable bonds is 0. The second-order valence-electron chi connectivity index (χ2n) is 5.09. The lowest BCUT2D eigenvalue weighted by molar-refractivity contribution is 1.29. The Morgan fingerprint density at radius 2 is 1.81 bits per heavy atom. The fraction of sp³-hybridized carbons (Fsp3) is 0.111. The normalized spacial score (nSPS) is 13.3. The van der Waals surface area contributed by atoms with Crippen LogP contribution >= 0.6 is 11.8 Å².